The molecule has 4 aromatic carbocycles. The number of benzene rings is 4. The van der Waals surface area contributed by atoms with E-state index >= 15 is 0 Å². The molecular formula is C50H68N2O6. The van der Waals surface area contributed by atoms with Crippen LogP contribution in [0.1, 0.15) is 130 Å². The normalized spacial score (nSPS) is 11.3. The highest BCUT2D eigenvalue weighted by Gasteiger charge is 2.19. The third-order valence-electron chi connectivity index (χ3n) is 9.47. The summed E-state index contributed by atoms with van der Waals surface area (Å²) in [5.74, 6) is 4.16. The Balaban J connectivity index is 1.52. The molecule has 4 aromatic rings. The molecule has 0 amide bonds. The molecule has 0 fully saturated rings. The first-order valence-corrected chi connectivity index (χ1v) is 22.0. The quantitative estimate of drug-likeness (QED) is 0.0402. The molecule has 0 saturated heterocycles. The van der Waals surface area contributed by atoms with Gasteiger partial charge in [-0.15, -0.1) is 0 Å². The fourth-order valence-corrected chi connectivity index (χ4v) is 5.82. The molecule has 0 aliphatic carbocycles. The third kappa shape index (κ3) is 14.8. The Labute approximate surface area is 349 Å². The maximum atomic E-state index is 6.35. The molecular weight excluding hydrogens is 725 g/mol. The second-order valence-corrected chi connectivity index (χ2v) is 14.4. The predicted molar refractivity (Wildman–Crippen MR) is 242 cm³/mol. The molecule has 0 saturated carbocycles. The van der Waals surface area contributed by atoms with Gasteiger partial charge in [0, 0.05) is 23.6 Å². The number of hydrogen-bond donors (Lipinski definition) is 0. The van der Waals surface area contributed by atoms with Crippen LogP contribution in [0, 0.1) is 0 Å². The van der Waals surface area contributed by atoms with Crippen LogP contribution in [-0.4, -0.2) is 52.1 Å². The highest BCUT2D eigenvalue weighted by atomic mass is 16.5. The number of ether oxygens (including phenoxy) is 6. The van der Waals surface area contributed by atoms with Crippen LogP contribution in [0.5, 0.6) is 34.5 Å². The van der Waals surface area contributed by atoms with Crippen LogP contribution in [0.2, 0.25) is 0 Å². The molecule has 0 heterocycles. The molecule has 8 nitrogen and oxygen atoms in total. The van der Waals surface area contributed by atoms with Crippen LogP contribution in [0.3, 0.4) is 0 Å². The van der Waals surface area contributed by atoms with E-state index in [1.54, 1.807) is 0 Å². The van der Waals surface area contributed by atoms with Gasteiger partial charge in [0.2, 0.25) is 11.5 Å². The van der Waals surface area contributed by atoms with Crippen molar-refractivity contribution in [2.24, 2.45) is 9.98 Å². The van der Waals surface area contributed by atoms with Crippen molar-refractivity contribution in [1.29, 1.82) is 0 Å². The van der Waals surface area contributed by atoms with E-state index in [4.69, 9.17) is 38.4 Å². The Kier molecular flexibility index (Phi) is 21.2. The highest BCUT2D eigenvalue weighted by Crippen LogP contribution is 2.42. The van der Waals surface area contributed by atoms with E-state index < -0.39 is 0 Å². The first-order chi connectivity index (χ1) is 28.6. The number of aliphatic imine (C=N–C) groups is 2. The SMILES string of the molecule is CCCCOc1ccc(C=Nc2ccc(-c3ccc(N=Cc4ccc(OCCCC)c(OCCCC)c4OCCCC)cc3)cc2)c(OCCCC)c1OCCCC. The standard InChI is InChI=1S/C50H68N2O6/c1-7-13-31-53-45-29-23-41(47(55-33-15-9-3)49(45)57-35-17-11-5)37-51-43-25-19-39(20-26-43)40-21-27-44(28-22-40)52-38-42-24-30-46(54-32-14-8-2)50(58-36-18-12-6)48(42)56-34-16-10-4/h19-30,37-38H,7-18,31-36H2,1-6H3. The lowest BCUT2D eigenvalue weighted by molar-refractivity contribution is 0.237. The van der Waals surface area contributed by atoms with Crippen LogP contribution >= 0.6 is 0 Å². The van der Waals surface area contributed by atoms with E-state index in [9.17, 15) is 0 Å². The Morgan fingerprint density at radius 2 is 0.638 bits per heavy atom. The summed E-state index contributed by atoms with van der Waals surface area (Å²) < 4.78 is 37.6. The average molecular weight is 793 g/mol. The smallest absolute Gasteiger partial charge is 0.204 e. The van der Waals surface area contributed by atoms with E-state index in [1.165, 1.54) is 0 Å². The molecule has 0 atom stereocenters. The van der Waals surface area contributed by atoms with Crippen LogP contribution in [0.25, 0.3) is 11.1 Å². The molecule has 0 radical (unpaired) electrons. The van der Waals surface area contributed by atoms with Gasteiger partial charge in [-0.1, -0.05) is 104 Å². The zero-order valence-electron chi connectivity index (χ0n) is 36.2. The fraction of sp³-hybridized carbons (Fsp3) is 0.480. The minimum atomic E-state index is 0.601. The first kappa shape index (κ1) is 45.7. The maximum Gasteiger partial charge on any atom is 0.204 e. The lowest BCUT2D eigenvalue weighted by Gasteiger charge is -2.19. The zero-order chi connectivity index (χ0) is 41.2. The summed E-state index contributed by atoms with van der Waals surface area (Å²) in [4.78, 5) is 9.69. The molecule has 8 heteroatoms. The highest BCUT2D eigenvalue weighted by molar-refractivity contribution is 5.89. The maximum absolute atomic E-state index is 6.35. The third-order valence-corrected chi connectivity index (χ3v) is 9.47. The summed E-state index contributed by atoms with van der Waals surface area (Å²) >= 11 is 0. The monoisotopic (exact) mass is 793 g/mol. The Bertz CT molecular complexity index is 1670. The molecule has 0 aliphatic heterocycles. The topological polar surface area (TPSA) is 80.1 Å². The van der Waals surface area contributed by atoms with E-state index in [0.29, 0.717) is 62.6 Å². The summed E-state index contributed by atoms with van der Waals surface area (Å²) in [6.45, 7) is 16.6. The lowest BCUT2D eigenvalue weighted by Crippen LogP contribution is -2.07. The van der Waals surface area contributed by atoms with Gasteiger partial charge in [0.25, 0.3) is 0 Å². The van der Waals surface area contributed by atoms with Crippen molar-refractivity contribution in [3.63, 3.8) is 0 Å². The first-order valence-electron chi connectivity index (χ1n) is 22.0. The number of rotatable bonds is 29. The summed E-state index contributed by atoms with van der Waals surface area (Å²) in [7, 11) is 0. The molecule has 0 bridgehead atoms. The van der Waals surface area contributed by atoms with Gasteiger partial charge in [-0.3, -0.25) is 9.98 Å². The van der Waals surface area contributed by atoms with E-state index in [-0.39, 0.29) is 0 Å². The second-order valence-electron chi connectivity index (χ2n) is 14.4. The largest absolute Gasteiger partial charge is 0.490 e. The second kappa shape index (κ2) is 26.8. The van der Waals surface area contributed by atoms with E-state index in [1.807, 2.05) is 61.0 Å². The molecule has 0 unspecified atom stereocenters. The van der Waals surface area contributed by atoms with Crippen LogP contribution in [0.4, 0.5) is 11.4 Å². The van der Waals surface area contributed by atoms with Crippen molar-refractivity contribution in [1.82, 2.24) is 0 Å². The lowest BCUT2D eigenvalue weighted by atomic mass is 10.1. The fourth-order valence-electron chi connectivity index (χ4n) is 5.82. The van der Waals surface area contributed by atoms with E-state index in [2.05, 4.69) is 65.8 Å². The molecule has 0 aromatic heterocycles. The van der Waals surface area contributed by atoms with Gasteiger partial charge in [0.05, 0.1) is 51.0 Å². The van der Waals surface area contributed by atoms with Gasteiger partial charge in [-0.2, -0.15) is 0 Å². The molecule has 0 spiro atoms. The molecule has 58 heavy (non-hydrogen) atoms. The molecule has 4 rings (SSSR count). The van der Waals surface area contributed by atoms with E-state index in [0.717, 1.165) is 122 Å². The number of unbranched alkanes of at least 4 members (excludes halogenated alkanes) is 6. The summed E-state index contributed by atoms with van der Waals surface area (Å²) in [5.41, 5.74) is 5.61. The van der Waals surface area contributed by atoms with Gasteiger partial charge in [0.15, 0.2) is 23.0 Å². The van der Waals surface area contributed by atoms with Crippen molar-refractivity contribution in [2.75, 3.05) is 39.6 Å². The Morgan fingerprint density at radius 1 is 0.345 bits per heavy atom. The molecule has 0 aliphatic rings. The minimum absolute atomic E-state index is 0.601. The minimum Gasteiger partial charge on any atom is -0.490 e. The predicted octanol–water partition coefficient (Wildman–Crippen LogP) is 13.9. The van der Waals surface area contributed by atoms with Crippen molar-refractivity contribution >= 4 is 23.8 Å². The van der Waals surface area contributed by atoms with Gasteiger partial charge in [-0.05, 0) is 98.2 Å². The van der Waals surface area contributed by atoms with Crippen molar-refractivity contribution in [3.05, 3.63) is 83.9 Å². The Morgan fingerprint density at radius 3 is 0.948 bits per heavy atom. The van der Waals surface area contributed by atoms with Crippen molar-refractivity contribution < 1.29 is 28.4 Å². The summed E-state index contributed by atoms with van der Waals surface area (Å²) in [5, 5.41) is 0. The number of hydrogen-bond acceptors (Lipinski definition) is 8. The average Bonchev–Trinajstić information content (AvgIpc) is 3.25. The van der Waals surface area contributed by atoms with Gasteiger partial charge < -0.3 is 28.4 Å². The van der Waals surface area contributed by atoms with Crippen LogP contribution < -0.4 is 28.4 Å². The summed E-state index contributed by atoms with van der Waals surface area (Å²) in [6, 6.07) is 24.5. The van der Waals surface area contributed by atoms with Crippen molar-refractivity contribution in [2.45, 2.75) is 119 Å². The number of nitrogens with zero attached hydrogens (tertiary/aromatic N) is 2. The summed E-state index contributed by atoms with van der Waals surface area (Å²) in [6.07, 6.45) is 15.8. The molecule has 314 valence electrons. The van der Waals surface area contributed by atoms with Gasteiger partial charge >= 0.3 is 0 Å². The van der Waals surface area contributed by atoms with Crippen LogP contribution in [-0.2, 0) is 0 Å². The van der Waals surface area contributed by atoms with Gasteiger partial charge in [-0.25, -0.2) is 0 Å². The molecule has 0 N–H and O–H groups in total. The zero-order valence-corrected chi connectivity index (χ0v) is 36.2. The Hall–Kier alpha value is -4.98. The van der Waals surface area contributed by atoms with Crippen molar-refractivity contribution in [3.8, 4) is 45.6 Å². The van der Waals surface area contributed by atoms with Gasteiger partial charge in [0.1, 0.15) is 0 Å². The van der Waals surface area contributed by atoms with Crippen LogP contribution in [0.15, 0.2) is 82.8 Å².